The van der Waals surface area contributed by atoms with E-state index in [0.717, 1.165) is 53.4 Å². The summed E-state index contributed by atoms with van der Waals surface area (Å²) in [6, 6.07) is 9.18. The summed E-state index contributed by atoms with van der Waals surface area (Å²) < 4.78 is 14.8. The number of hydrogen-bond acceptors (Lipinski definition) is 8. The molecule has 0 aromatic carbocycles. The van der Waals surface area contributed by atoms with E-state index in [1.807, 2.05) is 46.8 Å². The molecule has 0 radical (unpaired) electrons. The van der Waals surface area contributed by atoms with Gasteiger partial charge >= 0.3 is 0 Å². The molecule has 3 aliphatic rings. The highest BCUT2D eigenvalue weighted by Crippen LogP contribution is 2.36. The third-order valence-electron chi connectivity index (χ3n) is 7.26. The summed E-state index contributed by atoms with van der Waals surface area (Å²) in [5.74, 6) is 2.38. The van der Waals surface area contributed by atoms with E-state index in [2.05, 4.69) is 42.2 Å². The summed E-state index contributed by atoms with van der Waals surface area (Å²) in [7, 11) is 1.64. The van der Waals surface area contributed by atoms with Crippen LogP contribution in [-0.2, 0) is 6.54 Å². The number of anilines is 1. The number of H-pyrrole nitrogens is 1. The summed E-state index contributed by atoms with van der Waals surface area (Å²) in [4.78, 5) is 9.33. The molecule has 3 aliphatic heterocycles. The van der Waals surface area contributed by atoms with Gasteiger partial charge in [0.2, 0.25) is 5.88 Å². The lowest BCUT2D eigenvalue weighted by atomic mass is 9.87. The lowest BCUT2D eigenvalue weighted by molar-refractivity contribution is -0.00878. The molecule has 184 valence electrons. The van der Waals surface area contributed by atoms with Gasteiger partial charge in [0.05, 0.1) is 37.2 Å². The number of nitrogens with one attached hydrogen (secondary N) is 1. The van der Waals surface area contributed by atoms with Crippen molar-refractivity contribution in [2.45, 2.75) is 32.0 Å². The zero-order valence-electron chi connectivity index (χ0n) is 20.2. The predicted octanol–water partition coefficient (Wildman–Crippen LogP) is 2.66. The lowest BCUT2D eigenvalue weighted by Crippen LogP contribution is -2.68. The van der Waals surface area contributed by atoms with Gasteiger partial charge in [-0.25, -0.2) is 14.2 Å². The number of fused-ring (bicyclic) bond motifs is 5. The van der Waals surface area contributed by atoms with E-state index in [0.29, 0.717) is 24.6 Å². The molecule has 5 aromatic heterocycles. The van der Waals surface area contributed by atoms with Gasteiger partial charge < -0.3 is 14.4 Å². The Morgan fingerprint density at radius 1 is 1.11 bits per heavy atom. The lowest BCUT2D eigenvalue weighted by Gasteiger charge is -2.56. The Hall–Kier alpha value is -4.12. The van der Waals surface area contributed by atoms with Crippen molar-refractivity contribution in [2.75, 3.05) is 31.7 Å². The third kappa shape index (κ3) is 3.38. The van der Waals surface area contributed by atoms with Crippen molar-refractivity contribution >= 4 is 22.4 Å². The first-order valence-corrected chi connectivity index (χ1v) is 12.2. The molecule has 3 fully saturated rings. The highest BCUT2D eigenvalue weighted by molar-refractivity contribution is 5.96. The average molecular weight is 486 g/mol. The molecule has 0 spiro atoms. The van der Waals surface area contributed by atoms with Crippen LogP contribution in [0.1, 0.15) is 18.9 Å². The van der Waals surface area contributed by atoms with E-state index in [9.17, 15) is 0 Å². The zero-order chi connectivity index (χ0) is 24.2. The summed E-state index contributed by atoms with van der Waals surface area (Å²) >= 11 is 0. The van der Waals surface area contributed by atoms with Crippen molar-refractivity contribution in [2.24, 2.45) is 0 Å². The van der Waals surface area contributed by atoms with Crippen LogP contribution in [0.25, 0.3) is 22.2 Å². The first-order valence-electron chi connectivity index (χ1n) is 12.2. The first-order chi connectivity index (χ1) is 17.7. The molecular formula is C25H27N9O2. The van der Waals surface area contributed by atoms with E-state index in [1.54, 1.807) is 13.3 Å². The zero-order valence-corrected chi connectivity index (χ0v) is 20.2. The minimum atomic E-state index is 0.518. The van der Waals surface area contributed by atoms with Gasteiger partial charge in [0.25, 0.3) is 0 Å². The van der Waals surface area contributed by atoms with Crippen LogP contribution in [0.2, 0.25) is 0 Å². The summed E-state index contributed by atoms with van der Waals surface area (Å²) in [6.45, 7) is 5.39. The van der Waals surface area contributed by atoms with E-state index < -0.39 is 0 Å². The largest absolute Gasteiger partial charge is 0.492 e. The fourth-order valence-corrected chi connectivity index (χ4v) is 5.53. The first kappa shape index (κ1) is 21.2. The average Bonchev–Trinajstić information content (AvgIpc) is 3.64. The number of pyridine rings is 2. The van der Waals surface area contributed by atoms with Crippen molar-refractivity contribution in [1.82, 2.24) is 39.5 Å². The molecule has 2 unspecified atom stereocenters. The van der Waals surface area contributed by atoms with Crippen molar-refractivity contribution < 1.29 is 9.47 Å². The Balaban J connectivity index is 1.13. The number of piperazine rings is 1. The molecular weight excluding hydrogens is 458 g/mol. The van der Waals surface area contributed by atoms with Gasteiger partial charge in [-0.15, -0.1) is 5.10 Å². The van der Waals surface area contributed by atoms with Gasteiger partial charge in [0.1, 0.15) is 11.3 Å². The molecule has 8 heterocycles. The second-order valence-electron chi connectivity index (χ2n) is 9.37. The summed E-state index contributed by atoms with van der Waals surface area (Å²) in [5, 5.41) is 17.7. The van der Waals surface area contributed by atoms with Gasteiger partial charge in [0.15, 0.2) is 11.5 Å². The normalized spacial score (nSPS) is 19.7. The van der Waals surface area contributed by atoms with Crippen LogP contribution in [0.4, 0.5) is 5.82 Å². The topological polar surface area (TPSA) is 102 Å². The Bertz CT molecular complexity index is 1520. The summed E-state index contributed by atoms with van der Waals surface area (Å²) in [5.41, 5.74) is 3.80. The van der Waals surface area contributed by atoms with Crippen molar-refractivity contribution in [3.8, 4) is 17.3 Å². The van der Waals surface area contributed by atoms with Crippen molar-refractivity contribution in [3.63, 3.8) is 0 Å². The molecule has 8 rings (SSSR count). The molecule has 11 heteroatoms. The second-order valence-corrected chi connectivity index (χ2v) is 9.37. The molecule has 5 aromatic rings. The highest BCUT2D eigenvalue weighted by Gasteiger charge is 2.44. The van der Waals surface area contributed by atoms with Crippen LogP contribution in [0, 0.1) is 0 Å². The van der Waals surface area contributed by atoms with E-state index in [-0.39, 0.29) is 0 Å². The Morgan fingerprint density at radius 3 is 2.78 bits per heavy atom. The van der Waals surface area contributed by atoms with Gasteiger partial charge in [-0.1, -0.05) is 6.07 Å². The van der Waals surface area contributed by atoms with Gasteiger partial charge in [0, 0.05) is 62.3 Å². The maximum Gasteiger partial charge on any atom is 0.212 e. The molecule has 0 aliphatic carbocycles. The number of aromatic nitrogens is 7. The number of hydrogen-bond donors (Lipinski definition) is 1. The van der Waals surface area contributed by atoms with Gasteiger partial charge in [-0.05, 0) is 18.9 Å². The molecule has 36 heavy (non-hydrogen) atoms. The maximum absolute atomic E-state index is 5.81. The molecule has 0 saturated carbocycles. The molecule has 0 amide bonds. The molecule has 2 atom stereocenters. The quantitative estimate of drug-likeness (QED) is 0.376. The van der Waals surface area contributed by atoms with Crippen LogP contribution in [0.5, 0.6) is 11.6 Å². The van der Waals surface area contributed by atoms with E-state index >= 15 is 0 Å². The van der Waals surface area contributed by atoms with Gasteiger partial charge in [-0.2, -0.15) is 10.2 Å². The third-order valence-corrected chi connectivity index (χ3v) is 7.26. The Kier molecular flexibility index (Phi) is 4.84. The minimum absolute atomic E-state index is 0.518. The molecule has 3 saturated heterocycles. The molecule has 1 N–H and O–H groups in total. The standard InChI is InChI=1S/C25H27N9O2/c1-3-36-19-9-21(24-20-11-27-28-25(20)30-34(24)15-19)33-7-6-22(29-33)31-13-17-8-18(14-31)32(17)12-16-4-5-23(35-2)26-10-16/h4-7,9-11,15,17-18H,3,8,12-14H2,1-2H3,(H,28,30). The second kappa shape index (κ2) is 8.23. The van der Waals surface area contributed by atoms with Gasteiger partial charge in [-0.3, -0.25) is 10.00 Å². The Morgan fingerprint density at radius 2 is 2.00 bits per heavy atom. The van der Waals surface area contributed by atoms with Crippen molar-refractivity contribution in [3.05, 3.63) is 54.6 Å². The molecule has 11 nitrogen and oxygen atoms in total. The number of methoxy groups -OCH3 is 1. The van der Waals surface area contributed by atoms with E-state index in [1.165, 1.54) is 12.0 Å². The number of piperidine rings is 1. The van der Waals surface area contributed by atoms with Crippen LogP contribution < -0.4 is 14.4 Å². The predicted molar refractivity (Wildman–Crippen MR) is 134 cm³/mol. The highest BCUT2D eigenvalue weighted by atomic mass is 16.5. The SMILES string of the molecule is CCOc1cc(-n2ccc(N3CC4CC(C3)N4Cc3ccc(OC)nc3)n2)c2c3cn[nH]c3nn2c1. The Labute approximate surface area is 207 Å². The monoisotopic (exact) mass is 485 g/mol. The summed E-state index contributed by atoms with van der Waals surface area (Å²) in [6.07, 6.45) is 8.85. The van der Waals surface area contributed by atoms with E-state index in [4.69, 9.17) is 14.6 Å². The fourth-order valence-electron chi connectivity index (χ4n) is 5.53. The van der Waals surface area contributed by atoms with Crippen LogP contribution in [0.15, 0.2) is 49.1 Å². The van der Waals surface area contributed by atoms with Crippen LogP contribution >= 0.6 is 0 Å². The maximum atomic E-state index is 5.81. The van der Waals surface area contributed by atoms with Crippen molar-refractivity contribution in [1.29, 1.82) is 0 Å². The number of rotatable bonds is 7. The van der Waals surface area contributed by atoms with Crippen LogP contribution in [0.3, 0.4) is 0 Å². The number of nitrogens with zero attached hydrogens (tertiary/aromatic N) is 8. The van der Waals surface area contributed by atoms with Crippen LogP contribution in [-0.4, -0.2) is 78.4 Å². The smallest absolute Gasteiger partial charge is 0.212 e. The number of aromatic amines is 1. The number of ether oxygens (including phenoxy) is 2. The fraction of sp³-hybridized carbons (Fsp3) is 0.360. The minimum Gasteiger partial charge on any atom is -0.492 e. The molecule has 2 bridgehead atoms.